The Hall–Kier alpha value is -1.49. The van der Waals surface area contributed by atoms with Gasteiger partial charge in [0, 0.05) is 12.5 Å². The van der Waals surface area contributed by atoms with Crippen LogP contribution in [0.25, 0.3) is 0 Å². The number of hydrogen-bond donors (Lipinski definition) is 1. The largest absolute Gasteiger partial charge is 0.473 e. The van der Waals surface area contributed by atoms with E-state index in [-0.39, 0.29) is 12.2 Å². The Morgan fingerprint density at radius 2 is 2.29 bits per heavy atom. The van der Waals surface area contributed by atoms with Crippen molar-refractivity contribution >= 4 is 5.69 Å². The van der Waals surface area contributed by atoms with Crippen LogP contribution < -0.4 is 15.2 Å². The fourth-order valence-electron chi connectivity index (χ4n) is 1.59. The molecule has 0 aromatic carbocycles. The highest BCUT2D eigenvalue weighted by atomic mass is 16.6. The molecule has 0 bridgehead atoms. The first-order chi connectivity index (χ1) is 8.15. The number of nitrogens with zero attached hydrogens (tertiary/aromatic N) is 1. The summed E-state index contributed by atoms with van der Waals surface area (Å²) >= 11 is 0. The van der Waals surface area contributed by atoms with Gasteiger partial charge in [-0.15, -0.1) is 0 Å². The molecule has 5 heteroatoms. The lowest BCUT2D eigenvalue weighted by molar-refractivity contribution is 0.136. The number of hydrogen-bond acceptors (Lipinski definition) is 5. The van der Waals surface area contributed by atoms with Crippen LogP contribution in [0.5, 0.6) is 11.8 Å². The van der Waals surface area contributed by atoms with Gasteiger partial charge in [0.2, 0.25) is 11.8 Å². The van der Waals surface area contributed by atoms with Crippen molar-refractivity contribution in [3.63, 3.8) is 0 Å². The van der Waals surface area contributed by atoms with Gasteiger partial charge < -0.3 is 19.9 Å². The van der Waals surface area contributed by atoms with Crippen molar-refractivity contribution in [1.29, 1.82) is 0 Å². The van der Waals surface area contributed by atoms with E-state index in [1.54, 1.807) is 12.1 Å². The maximum Gasteiger partial charge on any atom is 0.240 e. The Labute approximate surface area is 101 Å². The first-order valence-corrected chi connectivity index (χ1v) is 5.82. The molecule has 2 rings (SSSR count). The topological polar surface area (TPSA) is 66.6 Å². The molecule has 2 heterocycles. The molecule has 94 valence electrons. The molecule has 1 aromatic rings. The Morgan fingerprint density at radius 3 is 2.94 bits per heavy atom. The minimum atomic E-state index is 0.0369. The van der Waals surface area contributed by atoms with Crippen LogP contribution in [0.3, 0.4) is 0 Å². The predicted octanol–water partition coefficient (Wildman–Crippen LogP) is 1.62. The SMILES string of the molecule is CC(C)Oc1nc(OC2CCOC2)ccc1N. The molecule has 17 heavy (non-hydrogen) atoms. The molecule has 0 amide bonds. The average molecular weight is 238 g/mol. The van der Waals surface area contributed by atoms with E-state index < -0.39 is 0 Å². The third-order valence-corrected chi connectivity index (χ3v) is 2.39. The molecule has 0 saturated carbocycles. The minimum Gasteiger partial charge on any atom is -0.473 e. The summed E-state index contributed by atoms with van der Waals surface area (Å²) in [5.41, 5.74) is 6.30. The monoisotopic (exact) mass is 238 g/mol. The third kappa shape index (κ3) is 3.23. The number of nitrogens with two attached hydrogens (primary N) is 1. The quantitative estimate of drug-likeness (QED) is 0.863. The van der Waals surface area contributed by atoms with Crippen LogP contribution in [0.2, 0.25) is 0 Å². The van der Waals surface area contributed by atoms with Crippen LogP contribution in [0.4, 0.5) is 5.69 Å². The van der Waals surface area contributed by atoms with Crippen LogP contribution in [0.15, 0.2) is 12.1 Å². The first kappa shape index (κ1) is 12.0. The van der Waals surface area contributed by atoms with Crippen molar-refractivity contribution in [3.05, 3.63) is 12.1 Å². The number of anilines is 1. The van der Waals surface area contributed by atoms with E-state index in [0.717, 1.165) is 13.0 Å². The van der Waals surface area contributed by atoms with Gasteiger partial charge in [-0.05, 0) is 19.9 Å². The first-order valence-electron chi connectivity index (χ1n) is 5.82. The molecule has 1 fully saturated rings. The zero-order valence-electron chi connectivity index (χ0n) is 10.2. The summed E-state index contributed by atoms with van der Waals surface area (Å²) in [4.78, 5) is 4.25. The molecule has 1 atom stereocenters. The molecule has 0 radical (unpaired) electrons. The molecular formula is C12H18N2O3. The predicted molar refractivity (Wildman–Crippen MR) is 64.3 cm³/mol. The maximum absolute atomic E-state index is 5.78. The van der Waals surface area contributed by atoms with E-state index in [2.05, 4.69) is 4.98 Å². The van der Waals surface area contributed by atoms with E-state index in [1.165, 1.54) is 0 Å². The van der Waals surface area contributed by atoms with Crippen molar-refractivity contribution < 1.29 is 14.2 Å². The van der Waals surface area contributed by atoms with Crippen molar-refractivity contribution in [2.75, 3.05) is 18.9 Å². The van der Waals surface area contributed by atoms with Crippen molar-refractivity contribution in [2.24, 2.45) is 0 Å². The molecule has 0 aliphatic carbocycles. The lowest BCUT2D eigenvalue weighted by Gasteiger charge is -2.14. The second kappa shape index (κ2) is 5.23. The number of rotatable bonds is 4. The molecule has 0 spiro atoms. The van der Waals surface area contributed by atoms with Crippen molar-refractivity contribution in [2.45, 2.75) is 32.5 Å². The lowest BCUT2D eigenvalue weighted by atomic mass is 10.3. The zero-order valence-corrected chi connectivity index (χ0v) is 10.2. The summed E-state index contributed by atoms with van der Waals surface area (Å²) in [5.74, 6) is 0.960. The Morgan fingerprint density at radius 1 is 1.47 bits per heavy atom. The van der Waals surface area contributed by atoms with E-state index in [4.69, 9.17) is 19.9 Å². The second-order valence-corrected chi connectivity index (χ2v) is 4.31. The molecular weight excluding hydrogens is 220 g/mol. The average Bonchev–Trinajstić information content (AvgIpc) is 2.75. The Balaban J connectivity index is 2.06. The highest BCUT2D eigenvalue weighted by Crippen LogP contribution is 2.24. The molecule has 1 aliphatic heterocycles. The summed E-state index contributed by atoms with van der Waals surface area (Å²) in [6.45, 7) is 5.22. The fourth-order valence-corrected chi connectivity index (χ4v) is 1.59. The van der Waals surface area contributed by atoms with E-state index in [1.807, 2.05) is 13.8 Å². The van der Waals surface area contributed by atoms with Crippen LogP contribution in [0.1, 0.15) is 20.3 Å². The van der Waals surface area contributed by atoms with Gasteiger partial charge in [0.05, 0.1) is 25.0 Å². The van der Waals surface area contributed by atoms with Gasteiger partial charge in [-0.25, -0.2) is 0 Å². The van der Waals surface area contributed by atoms with Gasteiger partial charge in [-0.3, -0.25) is 0 Å². The van der Waals surface area contributed by atoms with E-state index in [0.29, 0.717) is 24.1 Å². The zero-order chi connectivity index (χ0) is 12.3. The summed E-state index contributed by atoms with van der Waals surface area (Å²) in [7, 11) is 0. The fraction of sp³-hybridized carbons (Fsp3) is 0.583. The van der Waals surface area contributed by atoms with Crippen LogP contribution in [-0.2, 0) is 4.74 Å². The number of ether oxygens (including phenoxy) is 3. The van der Waals surface area contributed by atoms with Gasteiger partial charge in [-0.1, -0.05) is 0 Å². The number of aromatic nitrogens is 1. The van der Waals surface area contributed by atoms with E-state index in [9.17, 15) is 0 Å². The van der Waals surface area contributed by atoms with Crippen LogP contribution in [-0.4, -0.2) is 30.4 Å². The van der Waals surface area contributed by atoms with Crippen molar-refractivity contribution in [3.8, 4) is 11.8 Å². The summed E-state index contributed by atoms with van der Waals surface area (Å²) < 4.78 is 16.4. The highest BCUT2D eigenvalue weighted by Gasteiger charge is 2.18. The van der Waals surface area contributed by atoms with Gasteiger partial charge in [-0.2, -0.15) is 4.98 Å². The number of nitrogen functional groups attached to an aromatic ring is 1. The summed E-state index contributed by atoms with van der Waals surface area (Å²) in [6, 6.07) is 3.50. The molecule has 2 N–H and O–H groups in total. The maximum atomic E-state index is 5.78. The van der Waals surface area contributed by atoms with Gasteiger partial charge in [0.15, 0.2) is 0 Å². The normalized spacial score (nSPS) is 19.6. The van der Waals surface area contributed by atoms with Gasteiger partial charge in [0.1, 0.15) is 6.10 Å². The standard InChI is InChI=1S/C12H18N2O3/c1-8(2)16-12-10(13)3-4-11(14-12)17-9-5-6-15-7-9/h3-4,8-9H,5-7,13H2,1-2H3. The molecule has 1 unspecified atom stereocenters. The molecule has 1 aromatic heterocycles. The van der Waals surface area contributed by atoms with Crippen LogP contribution in [0, 0.1) is 0 Å². The number of pyridine rings is 1. The van der Waals surface area contributed by atoms with E-state index >= 15 is 0 Å². The minimum absolute atomic E-state index is 0.0369. The van der Waals surface area contributed by atoms with Crippen LogP contribution >= 0.6 is 0 Å². The molecule has 1 aliphatic rings. The molecule has 1 saturated heterocycles. The van der Waals surface area contributed by atoms with Crippen molar-refractivity contribution in [1.82, 2.24) is 4.98 Å². The Bertz CT molecular complexity index is 376. The lowest BCUT2D eigenvalue weighted by Crippen LogP contribution is -2.17. The van der Waals surface area contributed by atoms with Gasteiger partial charge in [0.25, 0.3) is 0 Å². The highest BCUT2D eigenvalue weighted by molar-refractivity contribution is 5.49. The Kier molecular flexibility index (Phi) is 3.68. The summed E-state index contributed by atoms with van der Waals surface area (Å²) in [6.07, 6.45) is 1.01. The smallest absolute Gasteiger partial charge is 0.240 e. The second-order valence-electron chi connectivity index (χ2n) is 4.31. The summed E-state index contributed by atoms with van der Waals surface area (Å²) in [5, 5.41) is 0. The third-order valence-electron chi connectivity index (χ3n) is 2.39. The van der Waals surface area contributed by atoms with Gasteiger partial charge >= 0.3 is 0 Å². The molecule has 5 nitrogen and oxygen atoms in total.